The molecule has 0 saturated carbocycles. The van der Waals surface area contributed by atoms with Gasteiger partial charge in [-0.1, -0.05) is 61.8 Å². The van der Waals surface area contributed by atoms with Crippen molar-refractivity contribution in [2.75, 3.05) is 26.2 Å². The minimum atomic E-state index is -0.688. The summed E-state index contributed by atoms with van der Waals surface area (Å²) in [4.78, 5) is 44.8. The van der Waals surface area contributed by atoms with Crippen LogP contribution < -0.4 is 16.0 Å². The molecule has 5 rings (SSSR count). The molecule has 0 bridgehead atoms. The average Bonchev–Trinajstić information content (AvgIpc) is 3.02. The number of rotatable bonds is 8. The summed E-state index contributed by atoms with van der Waals surface area (Å²) >= 11 is 6.11. The number of nitrogens with zero attached hydrogens (tertiary/aromatic N) is 2. The fourth-order valence-electron chi connectivity index (χ4n) is 6.59. The summed E-state index contributed by atoms with van der Waals surface area (Å²) in [6.07, 6.45) is 4.40. The summed E-state index contributed by atoms with van der Waals surface area (Å²) in [5.74, 6) is -0.0807. The Morgan fingerprint density at radius 2 is 1.60 bits per heavy atom. The highest BCUT2D eigenvalue weighted by molar-refractivity contribution is 6.30. The van der Waals surface area contributed by atoms with Crippen LogP contribution in [0.5, 0.6) is 0 Å². The number of halogens is 1. The lowest BCUT2D eigenvalue weighted by Gasteiger charge is -2.45. The largest absolute Gasteiger partial charge is 0.343 e. The molecule has 0 radical (unpaired) electrons. The minimum Gasteiger partial charge on any atom is -0.343 e. The van der Waals surface area contributed by atoms with Crippen molar-refractivity contribution in [2.45, 2.75) is 83.1 Å². The molecule has 42 heavy (non-hydrogen) atoms. The summed E-state index contributed by atoms with van der Waals surface area (Å²) in [5.41, 5.74) is 3.30. The molecular formula is C33H44ClN5O3. The number of carbonyl (C=O) groups excluding carboxylic acids is 3. The zero-order chi connectivity index (χ0) is 29.6. The van der Waals surface area contributed by atoms with Crippen molar-refractivity contribution >= 4 is 29.3 Å². The molecule has 0 spiro atoms. The molecule has 2 aromatic carbocycles. The van der Waals surface area contributed by atoms with Crippen molar-refractivity contribution in [1.29, 1.82) is 0 Å². The molecule has 2 aromatic rings. The number of fused-ring (bicyclic) bond motifs is 1. The van der Waals surface area contributed by atoms with Gasteiger partial charge in [0.25, 0.3) is 0 Å². The van der Waals surface area contributed by atoms with Gasteiger partial charge in [-0.15, -0.1) is 0 Å². The SMILES string of the molecule is CC(C)C(=O)N(C1CCNCC1)C1CCN(C(=O)C(Cc2ccc(Cl)cc2)NC(=O)C2Cc3ccccc3CN2)CC1. The van der Waals surface area contributed by atoms with E-state index < -0.39 is 12.1 Å². The van der Waals surface area contributed by atoms with E-state index in [0.717, 1.165) is 49.9 Å². The van der Waals surface area contributed by atoms with Crippen LogP contribution in [-0.2, 0) is 33.8 Å². The molecule has 2 unspecified atom stereocenters. The first-order chi connectivity index (χ1) is 20.3. The maximum atomic E-state index is 14.0. The number of hydrogen-bond donors (Lipinski definition) is 3. The molecule has 3 N–H and O–H groups in total. The van der Waals surface area contributed by atoms with Crippen molar-refractivity contribution in [3.63, 3.8) is 0 Å². The first-order valence-corrected chi connectivity index (χ1v) is 15.8. The van der Waals surface area contributed by atoms with Gasteiger partial charge < -0.3 is 25.8 Å². The van der Waals surface area contributed by atoms with Crippen molar-refractivity contribution in [3.8, 4) is 0 Å². The van der Waals surface area contributed by atoms with Gasteiger partial charge in [0.05, 0.1) is 6.04 Å². The lowest BCUT2D eigenvalue weighted by Crippen LogP contribution is -2.59. The monoisotopic (exact) mass is 593 g/mol. The highest BCUT2D eigenvalue weighted by Crippen LogP contribution is 2.26. The molecule has 3 amide bonds. The Balaban J connectivity index is 1.27. The predicted octanol–water partition coefficient (Wildman–Crippen LogP) is 3.31. The van der Waals surface area contributed by atoms with Gasteiger partial charge >= 0.3 is 0 Å². The van der Waals surface area contributed by atoms with Gasteiger partial charge in [0.15, 0.2) is 0 Å². The van der Waals surface area contributed by atoms with E-state index in [-0.39, 0.29) is 35.7 Å². The van der Waals surface area contributed by atoms with E-state index in [1.807, 2.05) is 55.1 Å². The van der Waals surface area contributed by atoms with Gasteiger partial charge in [0, 0.05) is 49.1 Å². The molecule has 226 valence electrons. The quantitative estimate of drug-likeness (QED) is 0.437. The number of hydrogen-bond acceptors (Lipinski definition) is 5. The third-order valence-electron chi connectivity index (χ3n) is 8.99. The Morgan fingerprint density at radius 3 is 2.26 bits per heavy atom. The van der Waals surface area contributed by atoms with Crippen LogP contribution in [0.15, 0.2) is 48.5 Å². The fraction of sp³-hybridized carbons (Fsp3) is 0.545. The molecule has 2 atom stereocenters. The number of benzene rings is 2. The van der Waals surface area contributed by atoms with Gasteiger partial charge in [-0.2, -0.15) is 0 Å². The molecule has 3 heterocycles. The molecule has 3 aliphatic heterocycles. The van der Waals surface area contributed by atoms with Crippen LogP contribution in [0, 0.1) is 5.92 Å². The van der Waals surface area contributed by atoms with Gasteiger partial charge in [0.1, 0.15) is 6.04 Å². The van der Waals surface area contributed by atoms with Crippen molar-refractivity contribution in [1.82, 2.24) is 25.8 Å². The summed E-state index contributed by atoms with van der Waals surface area (Å²) in [7, 11) is 0. The second-order valence-corrected chi connectivity index (χ2v) is 12.7. The van der Waals surface area contributed by atoms with Crippen molar-refractivity contribution in [2.24, 2.45) is 5.92 Å². The molecule has 8 nitrogen and oxygen atoms in total. The second-order valence-electron chi connectivity index (χ2n) is 12.2. The number of nitrogens with one attached hydrogen (secondary N) is 3. The van der Waals surface area contributed by atoms with E-state index in [1.54, 1.807) is 0 Å². The number of carbonyl (C=O) groups is 3. The van der Waals surface area contributed by atoms with Crippen LogP contribution in [0.25, 0.3) is 0 Å². The number of amides is 3. The first-order valence-electron chi connectivity index (χ1n) is 15.5. The topological polar surface area (TPSA) is 93.8 Å². The molecule has 2 saturated heterocycles. The number of likely N-dealkylation sites (tertiary alicyclic amines) is 1. The average molecular weight is 594 g/mol. The predicted molar refractivity (Wildman–Crippen MR) is 165 cm³/mol. The van der Waals surface area contributed by atoms with E-state index in [4.69, 9.17) is 11.6 Å². The smallest absolute Gasteiger partial charge is 0.245 e. The lowest BCUT2D eigenvalue weighted by atomic mass is 9.94. The van der Waals surface area contributed by atoms with Gasteiger partial charge in [-0.3, -0.25) is 14.4 Å². The standard InChI is InChI=1S/C33H44ClN5O3/c1-22(2)32(41)39(27-11-15-35-16-12-27)28-13-17-38(18-14-28)33(42)30(19-23-7-9-26(34)10-8-23)37-31(40)29-20-24-5-3-4-6-25(24)21-36-29/h3-10,22,27-30,35-36H,11-21H2,1-2H3,(H,37,40). The zero-order valence-corrected chi connectivity index (χ0v) is 25.5. The molecule has 3 aliphatic rings. The maximum absolute atomic E-state index is 14.0. The van der Waals surface area contributed by atoms with E-state index in [2.05, 4.69) is 33.0 Å². The Labute approximate surface area is 254 Å². The van der Waals surface area contributed by atoms with E-state index in [9.17, 15) is 14.4 Å². The van der Waals surface area contributed by atoms with Gasteiger partial charge in [0.2, 0.25) is 17.7 Å². The Bertz CT molecular complexity index is 1240. The summed E-state index contributed by atoms with van der Waals surface area (Å²) < 4.78 is 0. The normalized spacial score (nSPS) is 20.6. The molecule has 0 aliphatic carbocycles. The van der Waals surface area contributed by atoms with Gasteiger partial charge in [-0.05, 0) is 74.0 Å². The third kappa shape index (κ3) is 7.33. The summed E-state index contributed by atoms with van der Waals surface area (Å²) in [6, 6.07) is 14.9. The molecule has 0 aromatic heterocycles. The van der Waals surface area contributed by atoms with Crippen LogP contribution in [0.4, 0.5) is 0 Å². The zero-order valence-electron chi connectivity index (χ0n) is 24.8. The van der Waals surface area contributed by atoms with Crippen molar-refractivity contribution < 1.29 is 14.4 Å². The fourth-order valence-corrected chi connectivity index (χ4v) is 6.72. The van der Waals surface area contributed by atoms with Crippen LogP contribution in [0.1, 0.15) is 56.2 Å². The molecular weight excluding hydrogens is 550 g/mol. The van der Waals surface area contributed by atoms with Crippen molar-refractivity contribution in [3.05, 3.63) is 70.2 Å². The van der Waals surface area contributed by atoms with E-state index in [0.29, 0.717) is 37.5 Å². The lowest BCUT2D eigenvalue weighted by molar-refractivity contribution is -0.144. The number of piperidine rings is 2. The maximum Gasteiger partial charge on any atom is 0.245 e. The van der Waals surface area contributed by atoms with E-state index >= 15 is 0 Å². The molecule has 2 fully saturated rings. The van der Waals surface area contributed by atoms with E-state index in [1.165, 1.54) is 5.56 Å². The summed E-state index contributed by atoms with van der Waals surface area (Å²) in [6.45, 7) is 7.56. The Morgan fingerprint density at radius 1 is 0.952 bits per heavy atom. The first kappa shape index (κ1) is 30.5. The van der Waals surface area contributed by atoms with Gasteiger partial charge in [-0.25, -0.2) is 0 Å². The van der Waals surface area contributed by atoms with Crippen LogP contribution in [0.3, 0.4) is 0 Å². The van der Waals surface area contributed by atoms with Crippen LogP contribution >= 0.6 is 11.6 Å². The highest BCUT2D eigenvalue weighted by atomic mass is 35.5. The Kier molecular flexibility index (Phi) is 10.2. The minimum absolute atomic E-state index is 0.0566. The summed E-state index contributed by atoms with van der Waals surface area (Å²) in [5, 5.41) is 10.5. The van der Waals surface area contributed by atoms with Crippen LogP contribution in [-0.4, -0.2) is 77.9 Å². The second kappa shape index (κ2) is 14.0. The molecule has 9 heteroatoms. The highest BCUT2D eigenvalue weighted by Gasteiger charge is 2.37. The third-order valence-corrected chi connectivity index (χ3v) is 9.24. The van der Waals surface area contributed by atoms with Crippen LogP contribution in [0.2, 0.25) is 5.02 Å². The Hall–Kier alpha value is -2.94.